The Morgan fingerprint density at radius 2 is 2.10 bits per heavy atom. The topological polar surface area (TPSA) is 77.2 Å². The van der Waals surface area contributed by atoms with E-state index in [0.717, 1.165) is 18.7 Å². The number of aromatic nitrogens is 2. The first-order chi connectivity index (χ1) is 9.44. The summed E-state index contributed by atoms with van der Waals surface area (Å²) in [6.07, 6.45) is 4.88. The first kappa shape index (κ1) is 14.8. The van der Waals surface area contributed by atoms with Crippen LogP contribution < -0.4 is 5.32 Å². The molecule has 112 valence electrons. The molecule has 1 aliphatic carbocycles. The molecule has 0 bridgehead atoms. The van der Waals surface area contributed by atoms with E-state index in [1.54, 1.807) is 0 Å². The maximum Gasteiger partial charge on any atom is 0.407 e. The highest BCUT2D eigenvalue weighted by atomic mass is 16.6. The van der Waals surface area contributed by atoms with Crippen LogP contribution in [0.1, 0.15) is 64.1 Å². The van der Waals surface area contributed by atoms with Crippen LogP contribution in [0.25, 0.3) is 0 Å². The Morgan fingerprint density at radius 1 is 1.40 bits per heavy atom. The van der Waals surface area contributed by atoms with Gasteiger partial charge in [0.2, 0.25) is 5.89 Å². The summed E-state index contributed by atoms with van der Waals surface area (Å²) in [6.45, 7) is 5.94. The number of rotatable bonds is 4. The van der Waals surface area contributed by atoms with Gasteiger partial charge >= 0.3 is 6.09 Å². The van der Waals surface area contributed by atoms with E-state index >= 15 is 0 Å². The molecule has 1 N–H and O–H groups in total. The molecule has 0 saturated heterocycles. The Balaban J connectivity index is 1.73. The van der Waals surface area contributed by atoms with Gasteiger partial charge in [-0.15, -0.1) is 0 Å². The third kappa shape index (κ3) is 4.51. The van der Waals surface area contributed by atoms with Crippen LogP contribution in [-0.2, 0) is 11.2 Å². The molecule has 20 heavy (non-hydrogen) atoms. The second kappa shape index (κ2) is 6.24. The number of alkyl carbamates (subject to hydrolysis) is 1. The molecule has 6 heteroatoms. The molecule has 0 aliphatic heterocycles. The zero-order valence-corrected chi connectivity index (χ0v) is 12.4. The van der Waals surface area contributed by atoms with Gasteiger partial charge in [-0.3, -0.25) is 0 Å². The van der Waals surface area contributed by atoms with Crippen LogP contribution in [0.3, 0.4) is 0 Å². The van der Waals surface area contributed by atoms with Crippen LogP contribution in [-0.4, -0.2) is 28.4 Å². The predicted octanol–water partition coefficient (Wildman–Crippen LogP) is 2.79. The van der Waals surface area contributed by atoms with E-state index in [9.17, 15) is 4.79 Å². The van der Waals surface area contributed by atoms with Crippen molar-refractivity contribution < 1.29 is 14.1 Å². The Hall–Kier alpha value is -1.59. The summed E-state index contributed by atoms with van der Waals surface area (Å²) < 4.78 is 10.4. The van der Waals surface area contributed by atoms with Crippen molar-refractivity contribution in [3.63, 3.8) is 0 Å². The van der Waals surface area contributed by atoms with Crippen molar-refractivity contribution in [1.82, 2.24) is 15.5 Å². The van der Waals surface area contributed by atoms with Gasteiger partial charge < -0.3 is 14.6 Å². The molecule has 1 heterocycles. The Labute approximate surface area is 119 Å². The van der Waals surface area contributed by atoms with E-state index in [-0.39, 0.29) is 0 Å². The number of ether oxygens (including phenoxy) is 1. The molecule has 0 spiro atoms. The summed E-state index contributed by atoms with van der Waals surface area (Å²) >= 11 is 0. The molecular formula is C14H23N3O3. The molecule has 0 aromatic carbocycles. The van der Waals surface area contributed by atoms with Crippen LogP contribution in [0, 0.1) is 0 Å². The number of nitrogens with one attached hydrogen (secondary N) is 1. The van der Waals surface area contributed by atoms with Gasteiger partial charge in [-0.2, -0.15) is 4.98 Å². The highest BCUT2D eigenvalue weighted by molar-refractivity contribution is 5.67. The average molecular weight is 281 g/mol. The van der Waals surface area contributed by atoms with Crippen LogP contribution >= 0.6 is 0 Å². The molecule has 1 fully saturated rings. The van der Waals surface area contributed by atoms with Crippen LogP contribution in [0.5, 0.6) is 0 Å². The lowest BCUT2D eigenvalue weighted by atomic mass is 10.1. The molecule has 1 aromatic rings. The van der Waals surface area contributed by atoms with Gasteiger partial charge in [0.15, 0.2) is 5.82 Å². The molecule has 6 nitrogen and oxygen atoms in total. The zero-order chi connectivity index (χ0) is 14.6. The van der Waals surface area contributed by atoms with E-state index in [1.165, 1.54) is 12.8 Å². The maximum absolute atomic E-state index is 11.5. The molecule has 0 unspecified atom stereocenters. The third-order valence-electron chi connectivity index (χ3n) is 3.21. The van der Waals surface area contributed by atoms with Crippen molar-refractivity contribution in [2.24, 2.45) is 0 Å². The lowest BCUT2D eigenvalue weighted by Crippen LogP contribution is -2.33. The van der Waals surface area contributed by atoms with E-state index in [1.807, 2.05) is 20.8 Å². The maximum atomic E-state index is 11.5. The van der Waals surface area contributed by atoms with E-state index in [4.69, 9.17) is 9.26 Å². The van der Waals surface area contributed by atoms with Crippen LogP contribution in [0.4, 0.5) is 4.79 Å². The van der Waals surface area contributed by atoms with Crippen molar-refractivity contribution >= 4 is 6.09 Å². The van der Waals surface area contributed by atoms with Crippen molar-refractivity contribution in [1.29, 1.82) is 0 Å². The largest absolute Gasteiger partial charge is 0.444 e. The molecule has 2 rings (SSSR count). The Bertz CT molecular complexity index is 445. The molecule has 0 radical (unpaired) electrons. The fourth-order valence-corrected chi connectivity index (χ4v) is 2.30. The monoisotopic (exact) mass is 281 g/mol. The fraction of sp³-hybridized carbons (Fsp3) is 0.786. The molecular weight excluding hydrogens is 258 g/mol. The van der Waals surface area contributed by atoms with Gasteiger partial charge in [0.1, 0.15) is 5.60 Å². The zero-order valence-electron chi connectivity index (χ0n) is 12.4. The van der Waals surface area contributed by atoms with Gasteiger partial charge in [-0.05, 0) is 33.6 Å². The van der Waals surface area contributed by atoms with Gasteiger partial charge in [0.05, 0.1) is 0 Å². The molecule has 1 aromatic heterocycles. The van der Waals surface area contributed by atoms with Crippen molar-refractivity contribution in [3.8, 4) is 0 Å². The SMILES string of the molecule is CC(C)(C)OC(=O)NCCc1noc(C2CCCC2)n1. The van der Waals surface area contributed by atoms with Gasteiger partial charge in [-0.25, -0.2) is 4.79 Å². The number of carbonyl (C=O) groups excluding carboxylic acids is 1. The first-order valence-corrected chi connectivity index (χ1v) is 7.23. The van der Waals surface area contributed by atoms with Gasteiger partial charge in [0, 0.05) is 18.9 Å². The Morgan fingerprint density at radius 3 is 2.75 bits per heavy atom. The molecule has 1 saturated carbocycles. The van der Waals surface area contributed by atoms with Crippen molar-refractivity contribution in [3.05, 3.63) is 11.7 Å². The summed E-state index contributed by atoms with van der Waals surface area (Å²) in [5.41, 5.74) is -0.480. The fourth-order valence-electron chi connectivity index (χ4n) is 2.30. The predicted molar refractivity (Wildman–Crippen MR) is 73.4 cm³/mol. The lowest BCUT2D eigenvalue weighted by molar-refractivity contribution is 0.0528. The highest BCUT2D eigenvalue weighted by Crippen LogP contribution is 2.32. The smallest absolute Gasteiger partial charge is 0.407 e. The van der Waals surface area contributed by atoms with E-state index < -0.39 is 11.7 Å². The third-order valence-corrected chi connectivity index (χ3v) is 3.21. The minimum atomic E-state index is -0.480. The minimum Gasteiger partial charge on any atom is -0.444 e. The van der Waals surface area contributed by atoms with Gasteiger partial charge in [0.25, 0.3) is 0 Å². The summed E-state index contributed by atoms with van der Waals surface area (Å²) in [4.78, 5) is 15.9. The minimum absolute atomic E-state index is 0.419. The summed E-state index contributed by atoms with van der Waals surface area (Å²) in [7, 11) is 0. The van der Waals surface area contributed by atoms with Crippen LogP contribution in [0.2, 0.25) is 0 Å². The number of carbonyl (C=O) groups is 1. The summed E-state index contributed by atoms with van der Waals surface area (Å²) in [6, 6.07) is 0. The highest BCUT2D eigenvalue weighted by Gasteiger charge is 2.23. The van der Waals surface area contributed by atoms with E-state index in [2.05, 4.69) is 15.5 Å². The summed E-state index contributed by atoms with van der Waals surface area (Å²) in [5, 5.41) is 6.64. The summed E-state index contributed by atoms with van der Waals surface area (Å²) in [5.74, 6) is 1.81. The first-order valence-electron chi connectivity index (χ1n) is 7.23. The second-order valence-electron chi connectivity index (χ2n) is 6.21. The number of nitrogens with zero attached hydrogens (tertiary/aromatic N) is 2. The van der Waals surface area contributed by atoms with Crippen molar-refractivity contribution in [2.45, 2.75) is 64.4 Å². The normalized spacial score (nSPS) is 16.4. The van der Waals surface area contributed by atoms with Gasteiger partial charge in [-0.1, -0.05) is 18.0 Å². The number of hydrogen-bond donors (Lipinski definition) is 1. The lowest BCUT2D eigenvalue weighted by Gasteiger charge is -2.19. The van der Waals surface area contributed by atoms with Crippen LogP contribution in [0.15, 0.2) is 4.52 Å². The average Bonchev–Trinajstić information content (AvgIpc) is 2.96. The Kier molecular flexibility index (Phi) is 4.62. The molecule has 0 atom stereocenters. The number of hydrogen-bond acceptors (Lipinski definition) is 5. The molecule has 1 amide bonds. The second-order valence-corrected chi connectivity index (χ2v) is 6.21. The standard InChI is InChI=1S/C14H23N3O3/c1-14(2,3)19-13(18)15-9-8-11-16-12(20-17-11)10-6-4-5-7-10/h10H,4-9H2,1-3H3,(H,15,18). The molecule has 1 aliphatic rings. The quantitative estimate of drug-likeness (QED) is 0.918. The van der Waals surface area contributed by atoms with E-state index in [0.29, 0.717) is 24.7 Å². The number of amides is 1. The van der Waals surface area contributed by atoms with Crippen molar-refractivity contribution in [2.75, 3.05) is 6.54 Å².